The van der Waals surface area contributed by atoms with Gasteiger partial charge in [0.2, 0.25) is 0 Å². The van der Waals surface area contributed by atoms with Gasteiger partial charge in [0.25, 0.3) is 5.91 Å². The van der Waals surface area contributed by atoms with Gasteiger partial charge < -0.3 is 10.6 Å². The molecule has 0 saturated carbocycles. The van der Waals surface area contributed by atoms with Gasteiger partial charge in [-0.15, -0.1) is 0 Å². The van der Waals surface area contributed by atoms with Crippen molar-refractivity contribution in [2.45, 2.75) is 6.42 Å². The zero-order valence-corrected chi connectivity index (χ0v) is 11.9. The molecule has 7 heteroatoms. The Kier molecular flexibility index (Phi) is 5.45. The fourth-order valence-electron chi connectivity index (χ4n) is 1.64. The number of nitrogens with zero attached hydrogens (tertiary/aromatic N) is 2. The summed E-state index contributed by atoms with van der Waals surface area (Å²) in [5, 5.41) is 6.25. The standard InChI is InChI=1S/C14H14ClFN4O/c15-12-8-17-9-20-13(12)18-6-1-7-19-14(21)10-2-4-11(16)5-3-10/h2-5,8-9H,1,6-7H2,(H,19,21)(H,17,18,20). The molecule has 110 valence electrons. The van der Waals surface area contributed by atoms with Crippen molar-refractivity contribution in [2.24, 2.45) is 0 Å². The van der Waals surface area contributed by atoms with Crippen LogP contribution in [-0.2, 0) is 0 Å². The molecule has 21 heavy (non-hydrogen) atoms. The van der Waals surface area contributed by atoms with E-state index in [1.54, 1.807) is 0 Å². The summed E-state index contributed by atoms with van der Waals surface area (Å²) in [6.45, 7) is 1.10. The molecule has 0 aliphatic rings. The summed E-state index contributed by atoms with van der Waals surface area (Å²) in [7, 11) is 0. The minimum Gasteiger partial charge on any atom is -0.369 e. The maximum atomic E-state index is 12.7. The van der Waals surface area contributed by atoms with Crippen molar-refractivity contribution in [2.75, 3.05) is 18.4 Å². The summed E-state index contributed by atoms with van der Waals surface area (Å²) in [6.07, 6.45) is 3.62. The molecule has 1 aromatic heterocycles. The van der Waals surface area contributed by atoms with E-state index in [1.165, 1.54) is 36.8 Å². The summed E-state index contributed by atoms with van der Waals surface area (Å²) in [6, 6.07) is 5.41. The minimum absolute atomic E-state index is 0.227. The summed E-state index contributed by atoms with van der Waals surface area (Å²) in [5.74, 6) is -0.0240. The number of hydrogen-bond acceptors (Lipinski definition) is 4. The van der Waals surface area contributed by atoms with E-state index in [0.717, 1.165) is 0 Å². The first-order chi connectivity index (χ1) is 10.2. The molecule has 2 N–H and O–H groups in total. The second-order valence-electron chi connectivity index (χ2n) is 4.26. The van der Waals surface area contributed by atoms with Crippen LogP contribution in [0.1, 0.15) is 16.8 Å². The van der Waals surface area contributed by atoms with Crippen molar-refractivity contribution in [1.29, 1.82) is 0 Å². The van der Waals surface area contributed by atoms with E-state index in [1.807, 2.05) is 0 Å². The molecule has 0 bridgehead atoms. The predicted octanol–water partition coefficient (Wildman–Crippen LogP) is 2.50. The number of rotatable bonds is 6. The van der Waals surface area contributed by atoms with E-state index in [9.17, 15) is 9.18 Å². The van der Waals surface area contributed by atoms with Crippen LogP contribution in [0.5, 0.6) is 0 Å². The van der Waals surface area contributed by atoms with Crippen LogP contribution in [0.3, 0.4) is 0 Å². The van der Waals surface area contributed by atoms with Gasteiger partial charge in [-0.05, 0) is 30.7 Å². The number of benzene rings is 1. The molecule has 0 fully saturated rings. The number of nitrogens with one attached hydrogen (secondary N) is 2. The third-order valence-electron chi connectivity index (χ3n) is 2.71. The first-order valence-electron chi connectivity index (χ1n) is 6.40. The average Bonchev–Trinajstić information content (AvgIpc) is 2.49. The lowest BCUT2D eigenvalue weighted by atomic mass is 10.2. The molecule has 0 atom stereocenters. The predicted molar refractivity (Wildman–Crippen MR) is 78.9 cm³/mol. The third-order valence-corrected chi connectivity index (χ3v) is 2.98. The highest BCUT2D eigenvalue weighted by molar-refractivity contribution is 6.32. The number of hydrogen-bond donors (Lipinski definition) is 2. The van der Waals surface area contributed by atoms with Crippen LogP contribution in [0, 0.1) is 5.82 Å². The van der Waals surface area contributed by atoms with Crippen molar-refractivity contribution in [3.05, 3.63) is 53.2 Å². The van der Waals surface area contributed by atoms with Gasteiger partial charge >= 0.3 is 0 Å². The third kappa shape index (κ3) is 4.68. The second-order valence-corrected chi connectivity index (χ2v) is 4.67. The first-order valence-corrected chi connectivity index (χ1v) is 6.78. The molecular weight excluding hydrogens is 295 g/mol. The van der Waals surface area contributed by atoms with Gasteiger partial charge in [-0.3, -0.25) is 4.79 Å². The Balaban J connectivity index is 1.69. The Morgan fingerprint density at radius 1 is 1.24 bits per heavy atom. The van der Waals surface area contributed by atoms with Crippen molar-refractivity contribution in [3.63, 3.8) is 0 Å². The number of amides is 1. The van der Waals surface area contributed by atoms with Crippen LogP contribution in [-0.4, -0.2) is 29.0 Å². The highest BCUT2D eigenvalue weighted by atomic mass is 35.5. The molecule has 1 amide bonds. The quantitative estimate of drug-likeness (QED) is 0.805. The molecule has 0 unspecified atom stereocenters. The van der Waals surface area contributed by atoms with Gasteiger partial charge in [0.1, 0.15) is 23.0 Å². The van der Waals surface area contributed by atoms with Gasteiger partial charge in [-0.1, -0.05) is 11.6 Å². The van der Waals surface area contributed by atoms with E-state index in [-0.39, 0.29) is 11.7 Å². The topological polar surface area (TPSA) is 66.9 Å². The molecule has 2 aromatic rings. The number of anilines is 1. The molecule has 0 spiro atoms. The molecule has 0 saturated heterocycles. The fourth-order valence-corrected chi connectivity index (χ4v) is 1.82. The Hall–Kier alpha value is -2.21. The van der Waals surface area contributed by atoms with Crippen LogP contribution in [0.25, 0.3) is 0 Å². The summed E-state index contributed by atoms with van der Waals surface area (Å²) in [5.41, 5.74) is 0.434. The normalized spacial score (nSPS) is 10.2. The van der Waals surface area contributed by atoms with E-state index in [2.05, 4.69) is 20.6 Å². The average molecular weight is 309 g/mol. The van der Waals surface area contributed by atoms with Crippen LogP contribution in [0.2, 0.25) is 5.02 Å². The lowest BCUT2D eigenvalue weighted by Gasteiger charge is -2.07. The Labute approximate surface area is 126 Å². The molecule has 1 aromatic carbocycles. The molecule has 0 aliphatic heterocycles. The van der Waals surface area contributed by atoms with Crippen LogP contribution < -0.4 is 10.6 Å². The number of halogens is 2. The van der Waals surface area contributed by atoms with Crippen LogP contribution in [0.4, 0.5) is 10.2 Å². The minimum atomic E-state index is -0.363. The monoisotopic (exact) mass is 308 g/mol. The van der Waals surface area contributed by atoms with Gasteiger partial charge in [-0.2, -0.15) is 0 Å². The molecule has 2 rings (SSSR count). The maximum absolute atomic E-state index is 12.7. The van der Waals surface area contributed by atoms with Gasteiger partial charge in [0.15, 0.2) is 0 Å². The SMILES string of the molecule is O=C(NCCCNc1ncncc1Cl)c1ccc(F)cc1. The van der Waals surface area contributed by atoms with Gasteiger partial charge in [0, 0.05) is 18.7 Å². The molecule has 0 radical (unpaired) electrons. The Bertz CT molecular complexity index is 606. The van der Waals surface area contributed by atoms with E-state index in [0.29, 0.717) is 35.9 Å². The molecule has 5 nitrogen and oxygen atoms in total. The number of aromatic nitrogens is 2. The smallest absolute Gasteiger partial charge is 0.251 e. The summed E-state index contributed by atoms with van der Waals surface area (Å²) in [4.78, 5) is 19.5. The highest BCUT2D eigenvalue weighted by Crippen LogP contribution is 2.15. The van der Waals surface area contributed by atoms with Crippen molar-refractivity contribution in [1.82, 2.24) is 15.3 Å². The van der Waals surface area contributed by atoms with E-state index in [4.69, 9.17) is 11.6 Å². The summed E-state index contributed by atoms with van der Waals surface area (Å²) < 4.78 is 12.7. The highest BCUT2D eigenvalue weighted by Gasteiger charge is 2.04. The zero-order valence-electron chi connectivity index (χ0n) is 11.1. The van der Waals surface area contributed by atoms with Crippen molar-refractivity contribution < 1.29 is 9.18 Å². The van der Waals surface area contributed by atoms with Gasteiger partial charge in [0.05, 0.1) is 6.20 Å². The molecule has 1 heterocycles. The van der Waals surface area contributed by atoms with Gasteiger partial charge in [-0.25, -0.2) is 14.4 Å². The Morgan fingerprint density at radius 2 is 2.00 bits per heavy atom. The molecular formula is C14H14ClFN4O. The van der Waals surface area contributed by atoms with Crippen LogP contribution >= 0.6 is 11.6 Å². The number of carbonyl (C=O) groups excluding carboxylic acids is 1. The van der Waals surface area contributed by atoms with E-state index < -0.39 is 0 Å². The fraction of sp³-hybridized carbons (Fsp3) is 0.214. The number of carbonyl (C=O) groups is 1. The maximum Gasteiger partial charge on any atom is 0.251 e. The first kappa shape index (κ1) is 15.2. The Morgan fingerprint density at radius 3 is 2.71 bits per heavy atom. The van der Waals surface area contributed by atoms with Crippen molar-refractivity contribution >= 4 is 23.3 Å². The summed E-state index contributed by atoms with van der Waals surface area (Å²) >= 11 is 5.89. The molecule has 0 aliphatic carbocycles. The van der Waals surface area contributed by atoms with Crippen LogP contribution in [0.15, 0.2) is 36.8 Å². The lowest BCUT2D eigenvalue weighted by molar-refractivity contribution is 0.0953. The zero-order chi connectivity index (χ0) is 15.1. The van der Waals surface area contributed by atoms with Crippen molar-refractivity contribution in [3.8, 4) is 0 Å². The lowest BCUT2D eigenvalue weighted by Crippen LogP contribution is -2.25. The second kappa shape index (κ2) is 7.54. The largest absolute Gasteiger partial charge is 0.369 e. The van der Waals surface area contributed by atoms with E-state index >= 15 is 0 Å².